The van der Waals surface area contributed by atoms with Crippen LogP contribution in [0.25, 0.3) is 0 Å². The van der Waals surface area contributed by atoms with Crippen LogP contribution in [0.2, 0.25) is 5.02 Å². The molecular weight excluding hydrogens is 284 g/mol. The Morgan fingerprint density at radius 3 is 2.62 bits per heavy atom. The molecule has 0 radical (unpaired) electrons. The Bertz CT molecular complexity index is 586. The van der Waals surface area contributed by atoms with Crippen molar-refractivity contribution in [1.82, 2.24) is 10.6 Å². The second kappa shape index (κ2) is 7.81. The zero-order chi connectivity index (χ0) is 15.1. The molecule has 21 heavy (non-hydrogen) atoms. The zero-order valence-electron chi connectivity index (χ0n) is 12.0. The van der Waals surface area contributed by atoms with E-state index in [9.17, 15) is 4.79 Å². The van der Waals surface area contributed by atoms with E-state index in [4.69, 9.17) is 11.6 Å². The molecule has 0 aromatic heterocycles. The van der Waals surface area contributed by atoms with Crippen molar-refractivity contribution in [2.24, 2.45) is 0 Å². The number of carbonyl (C=O) groups is 1. The zero-order valence-corrected chi connectivity index (χ0v) is 12.7. The van der Waals surface area contributed by atoms with Crippen LogP contribution in [-0.2, 0) is 11.3 Å². The number of carbonyl (C=O) groups excluding carboxylic acids is 1. The minimum Gasteiger partial charge on any atom is -0.351 e. The third-order valence-corrected chi connectivity index (χ3v) is 3.48. The van der Waals surface area contributed by atoms with E-state index in [1.807, 2.05) is 61.5 Å². The molecule has 2 aromatic carbocycles. The largest absolute Gasteiger partial charge is 0.351 e. The lowest BCUT2D eigenvalue weighted by Gasteiger charge is -2.14. The first-order valence-electron chi connectivity index (χ1n) is 6.94. The van der Waals surface area contributed by atoms with Gasteiger partial charge in [0.1, 0.15) is 0 Å². The van der Waals surface area contributed by atoms with Crippen molar-refractivity contribution in [3.63, 3.8) is 0 Å². The predicted octanol–water partition coefficient (Wildman–Crippen LogP) is 3.31. The predicted molar refractivity (Wildman–Crippen MR) is 86.2 cm³/mol. The van der Waals surface area contributed by atoms with Gasteiger partial charge >= 0.3 is 0 Å². The first-order valence-corrected chi connectivity index (χ1v) is 7.32. The van der Waals surface area contributed by atoms with Crippen molar-refractivity contribution in [1.29, 1.82) is 0 Å². The average molecular weight is 303 g/mol. The highest BCUT2D eigenvalue weighted by molar-refractivity contribution is 6.30. The molecule has 110 valence electrons. The van der Waals surface area contributed by atoms with Crippen molar-refractivity contribution in [2.75, 3.05) is 6.54 Å². The van der Waals surface area contributed by atoms with E-state index in [-0.39, 0.29) is 18.5 Å². The van der Waals surface area contributed by atoms with E-state index in [2.05, 4.69) is 10.6 Å². The Hall–Kier alpha value is -1.84. The smallest absolute Gasteiger partial charge is 0.234 e. The molecule has 2 aromatic rings. The molecular formula is C17H19ClN2O. The van der Waals surface area contributed by atoms with Gasteiger partial charge in [-0.1, -0.05) is 54.1 Å². The Morgan fingerprint density at radius 1 is 1.14 bits per heavy atom. The maximum atomic E-state index is 11.8. The fourth-order valence-corrected chi connectivity index (χ4v) is 2.23. The fourth-order valence-electron chi connectivity index (χ4n) is 2.02. The maximum Gasteiger partial charge on any atom is 0.234 e. The molecule has 4 heteroatoms. The third-order valence-electron chi connectivity index (χ3n) is 3.25. The quantitative estimate of drug-likeness (QED) is 0.859. The average Bonchev–Trinajstić information content (AvgIpc) is 2.51. The van der Waals surface area contributed by atoms with Gasteiger partial charge in [-0.3, -0.25) is 4.79 Å². The van der Waals surface area contributed by atoms with E-state index < -0.39 is 0 Å². The second-order valence-electron chi connectivity index (χ2n) is 4.92. The van der Waals surface area contributed by atoms with E-state index in [1.54, 1.807) is 0 Å². The third kappa shape index (κ3) is 5.21. The van der Waals surface area contributed by atoms with Crippen molar-refractivity contribution in [3.8, 4) is 0 Å². The van der Waals surface area contributed by atoms with E-state index >= 15 is 0 Å². The summed E-state index contributed by atoms with van der Waals surface area (Å²) in [6, 6.07) is 17.7. The van der Waals surface area contributed by atoms with Gasteiger partial charge in [-0.05, 0) is 30.2 Å². The van der Waals surface area contributed by atoms with Gasteiger partial charge in [0.05, 0.1) is 6.54 Å². The lowest BCUT2D eigenvalue weighted by atomic mass is 10.1. The van der Waals surface area contributed by atoms with Gasteiger partial charge in [-0.25, -0.2) is 0 Å². The van der Waals surface area contributed by atoms with Gasteiger partial charge in [0.15, 0.2) is 0 Å². The molecule has 0 aliphatic carbocycles. The topological polar surface area (TPSA) is 41.1 Å². The summed E-state index contributed by atoms with van der Waals surface area (Å²) in [5.74, 6) is -0.0299. The Labute approximate surface area is 130 Å². The highest BCUT2D eigenvalue weighted by atomic mass is 35.5. The van der Waals surface area contributed by atoms with Crippen LogP contribution in [-0.4, -0.2) is 12.5 Å². The number of rotatable bonds is 6. The van der Waals surface area contributed by atoms with E-state index in [0.717, 1.165) is 5.56 Å². The number of nitrogens with one attached hydrogen (secondary N) is 2. The van der Waals surface area contributed by atoms with E-state index in [0.29, 0.717) is 11.6 Å². The summed E-state index contributed by atoms with van der Waals surface area (Å²) >= 11 is 5.91. The molecule has 3 nitrogen and oxygen atoms in total. The summed E-state index contributed by atoms with van der Waals surface area (Å²) in [6.45, 7) is 2.82. The Morgan fingerprint density at radius 2 is 1.90 bits per heavy atom. The molecule has 1 atom stereocenters. The molecule has 0 saturated heterocycles. The van der Waals surface area contributed by atoms with Gasteiger partial charge in [0.25, 0.3) is 0 Å². The lowest BCUT2D eigenvalue weighted by molar-refractivity contribution is -0.120. The van der Waals surface area contributed by atoms with Gasteiger partial charge in [-0.2, -0.15) is 0 Å². The Kier molecular flexibility index (Phi) is 5.78. The van der Waals surface area contributed by atoms with Crippen molar-refractivity contribution >= 4 is 17.5 Å². The normalized spacial score (nSPS) is 11.9. The lowest BCUT2D eigenvalue weighted by Crippen LogP contribution is -2.34. The number of halogens is 1. The molecule has 0 fully saturated rings. The van der Waals surface area contributed by atoms with E-state index in [1.165, 1.54) is 5.56 Å². The first-order chi connectivity index (χ1) is 10.1. The van der Waals surface area contributed by atoms with Crippen molar-refractivity contribution in [2.45, 2.75) is 19.5 Å². The minimum absolute atomic E-state index is 0.0299. The van der Waals surface area contributed by atoms with Gasteiger partial charge < -0.3 is 10.6 Å². The number of hydrogen-bond donors (Lipinski definition) is 2. The summed E-state index contributed by atoms with van der Waals surface area (Å²) in [5, 5.41) is 6.76. The van der Waals surface area contributed by atoms with Crippen LogP contribution in [0.3, 0.4) is 0 Å². The summed E-state index contributed by atoms with van der Waals surface area (Å²) < 4.78 is 0. The monoisotopic (exact) mass is 302 g/mol. The molecule has 0 saturated carbocycles. The highest BCUT2D eigenvalue weighted by Crippen LogP contribution is 2.11. The summed E-state index contributed by atoms with van der Waals surface area (Å²) in [5.41, 5.74) is 2.16. The number of benzene rings is 2. The number of amides is 1. The van der Waals surface area contributed by atoms with Crippen LogP contribution in [0, 0.1) is 0 Å². The molecule has 0 spiro atoms. The van der Waals surface area contributed by atoms with Crippen LogP contribution < -0.4 is 10.6 Å². The highest BCUT2D eigenvalue weighted by Gasteiger charge is 2.07. The van der Waals surface area contributed by atoms with Crippen molar-refractivity contribution in [3.05, 3.63) is 70.7 Å². The van der Waals surface area contributed by atoms with Gasteiger partial charge in [0.2, 0.25) is 5.91 Å². The van der Waals surface area contributed by atoms with Gasteiger partial charge in [-0.15, -0.1) is 0 Å². The van der Waals surface area contributed by atoms with Crippen LogP contribution in [0.1, 0.15) is 24.1 Å². The molecule has 0 aliphatic heterocycles. The second-order valence-corrected chi connectivity index (χ2v) is 5.36. The molecule has 1 amide bonds. The van der Waals surface area contributed by atoms with Crippen LogP contribution in [0.4, 0.5) is 0 Å². The summed E-state index contributed by atoms with van der Waals surface area (Å²) in [7, 11) is 0. The SMILES string of the molecule is C[C@@H](NCC(=O)NCc1cccc(Cl)c1)c1ccccc1. The number of hydrogen-bond acceptors (Lipinski definition) is 2. The van der Waals surface area contributed by atoms with Crippen molar-refractivity contribution < 1.29 is 4.79 Å². The maximum absolute atomic E-state index is 11.8. The van der Waals surface area contributed by atoms with Crippen LogP contribution >= 0.6 is 11.6 Å². The molecule has 0 heterocycles. The molecule has 2 rings (SSSR count). The van der Waals surface area contributed by atoms with Crippen LogP contribution in [0.15, 0.2) is 54.6 Å². The summed E-state index contributed by atoms with van der Waals surface area (Å²) in [6.07, 6.45) is 0. The van der Waals surface area contributed by atoms with Gasteiger partial charge in [0, 0.05) is 17.6 Å². The molecule has 0 bridgehead atoms. The molecule has 0 aliphatic rings. The Balaban J connectivity index is 1.75. The standard InChI is InChI=1S/C17H19ClN2O/c1-13(15-7-3-2-4-8-15)19-12-17(21)20-11-14-6-5-9-16(18)10-14/h2-10,13,19H,11-12H2,1H3,(H,20,21)/t13-/m1/s1. The molecule has 2 N–H and O–H groups in total. The van der Waals surface area contributed by atoms with Crippen LogP contribution in [0.5, 0.6) is 0 Å². The summed E-state index contributed by atoms with van der Waals surface area (Å²) in [4.78, 5) is 11.8. The fraction of sp³-hybridized carbons (Fsp3) is 0.235. The first kappa shape index (κ1) is 15.5. The molecule has 0 unspecified atom stereocenters. The minimum atomic E-state index is -0.0299.